The SMILES string of the molecule is CC(C)(O)C/C(C=Nc1ccc(-c2ccc(-c3nc4nc(O[C@@H]5CO[C@H]6[C@@H]5OC[C@H]6O)[nH]c4cc3Cl)cc2)cc1)=C/N. The Hall–Kier alpha value is -3.80. The van der Waals surface area contributed by atoms with Crippen LogP contribution in [0.4, 0.5) is 5.69 Å². The smallest absolute Gasteiger partial charge is 0.296 e. The van der Waals surface area contributed by atoms with Gasteiger partial charge in [0.15, 0.2) is 11.8 Å². The van der Waals surface area contributed by atoms with Crippen LogP contribution in [0.5, 0.6) is 6.01 Å². The van der Waals surface area contributed by atoms with Crippen LogP contribution in [-0.4, -0.2) is 74.6 Å². The lowest BCUT2D eigenvalue weighted by atomic mass is 10.00. The maximum atomic E-state index is 10.0. The maximum Gasteiger partial charge on any atom is 0.296 e. The molecule has 2 fully saturated rings. The van der Waals surface area contributed by atoms with Crippen LogP contribution in [0.2, 0.25) is 5.02 Å². The predicted molar refractivity (Wildman–Crippen MR) is 161 cm³/mol. The number of fused-ring (bicyclic) bond motifs is 2. The third-order valence-corrected chi connectivity index (χ3v) is 7.53. The van der Waals surface area contributed by atoms with Gasteiger partial charge in [0.2, 0.25) is 0 Å². The van der Waals surface area contributed by atoms with Crippen LogP contribution in [0.15, 0.2) is 71.4 Å². The number of H-pyrrole nitrogens is 1. The van der Waals surface area contributed by atoms with Crippen molar-refractivity contribution in [2.24, 2.45) is 10.7 Å². The Bertz CT molecular complexity index is 1630. The summed E-state index contributed by atoms with van der Waals surface area (Å²) in [7, 11) is 0. The van der Waals surface area contributed by atoms with E-state index in [1.807, 2.05) is 48.5 Å². The number of aliphatic hydroxyl groups excluding tert-OH is 1. The van der Waals surface area contributed by atoms with Crippen LogP contribution in [0.3, 0.4) is 0 Å². The van der Waals surface area contributed by atoms with Crippen LogP contribution in [-0.2, 0) is 9.47 Å². The van der Waals surface area contributed by atoms with Crippen molar-refractivity contribution >= 4 is 34.7 Å². The second-order valence-electron chi connectivity index (χ2n) is 11.2. The lowest BCUT2D eigenvalue weighted by molar-refractivity contribution is 0.00706. The van der Waals surface area contributed by atoms with Crippen molar-refractivity contribution in [3.05, 3.63) is 71.4 Å². The second-order valence-corrected chi connectivity index (χ2v) is 11.6. The molecule has 10 nitrogen and oxygen atoms in total. The van der Waals surface area contributed by atoms with Crippen LogP contribution < -0.4 is 10.5 Å². The molecular weight excluding hydrogens is 558 g/mol. The van der Waals surface area contributed by atoms with Crippen LogP contribution in [0, 0.1) is 0 Å². The number of ether oxygens (including phenoxy) is 3. The molecular formula is C31H32ClN5O5. The number of aromatic amines is 1. The Balaban J connectivity index is 1.15. The minimum Gasteiger partial charge on any atom is -0.456 e. The van der Waals surface area contributed by atoms with Gasteiger partial charge in [0.05, 0.1) is 40.7 Å². The largest absolute Gasteiger partial charge is 0.456 e. The van der Waals surface area contributed by atoms with E-state index in [0.717, 1.165) is 28.0 Å². The van der Waals surface area contributed by atoms with Gasteiger partial charge >= 0.3 is 0 Å². The minimum atomic E-state index is -0.861. The number of aliphatic imine (C=N–C) groups is 1. The Morgan fingerprint density at radius 1 is 1.07 bits per heavy atom. The number of nitrogens with two attached hydrogens (primary N) is 1. The van der Waals surface area contributed by atoms with Crippen molar-refractivity contribution in [3.8, 4) is 28.4 Å². The number of nitrogens with one attached hydrogen (secondary N) is 1. The Morgan fingerprint density at radius 3 is 2.43 bits per heavy atom. The van der Waals surface area contributed by atoms with Crippen molar-refractivity contribution in [3.63, 3.8) is 0 Å². The lowest BCUT2D eigenvalue weighted by Gasteiger charge is -2.16. The van der Waals surface area contributed by atoms with Gasteiger partial charge in [0.1, 0.15) is 18.3 Å². The molecule has 6 rings (SSSR count). The summed E-state index contributed by atoms with van der Waals surface area (Å²) in [4.78, 5) is 16.8. The first kappa shape index (κ1) is 28.3. The molecule has 218 valence electrons. The number of pyridine rings is 1. The molecule has 0 saturated carbocycles. The van der Waals surface area contributed by atoms with Gasteiger partial charge in [-0.25, -0.2) is 4.98 Å². The summed E-state index contributed by atoms with van der Waals surface area (Å²) in [6, 6.07) is 17.9. The zero-order valence-corrected chi connectivity index (χ0v) is 24.0. The van der Waals surface area contributed by atoms with Gasteiger partial charge in [-0.2, -0.15) is 4.98 Å². The van der Waals surface area contributed by atoms with E-state index < -0.39 is 11.7 Å². The van der Waals surface area contributed by atoms with Crippen LogP contribution in [0.25, 0.3) is 33.5 Å². The normalized spacial score (nSPS) is 22.7. The summed E-state index contributed by atoms with van der Waals surface area (Å²) in [5.41, 5.74) is 11.0. The van der Waals surface area contributed by atoms with Crippen LogP contribution in [0.1, 0.15) is 20.3 Å². The van der Waals surface area contributed by atoms with E-state index in [-0.39, 0.29) is 24.9 Å². The van der Waals surface area contributed by atoms with Gasteiger partial charge in [0.25, 0.3) is 6.01 Å². The van der Waals surface area contributed by atoms with E-state index >= 15 is 0 Å². The summed E-state index contributed by atoms with van der Waals surface area (Å²) in [5, 5.41) is 20.5. The number of aromatic nitrogens is 3. The fraction of sp³-hybridized carbons (Fsp3) is 0.323. The Morgan fingerprint density at radius 2 is 1.74 bits per heavy atom. The summed E-state index contributed by atoms with van der Waals surface area (Å²) in [6.07, 6.45) is 1.81. The molecule has 4 aromatic rings. The Kier molecular flexibility index (Phi) is 7.73. The molecule has 2 aliphatic heterocycles. The number of imidazole rings is 1. The molecule has 2 aliphatic rings. The maximum absolute atomic E-state index is 10.0. The van der Waals surface area contributed by atoms with E-state index in [1.165, 1.54) is 6.20 Å². The highest BCUT2D eigenvalue weighted by molar-refractivity contribution is 6.33. The van der Waals surface area contributed by atoms with Crippen molar-refractivity contribution < 1.29 is 24.4 Å². The summed E-state index contributed by atoms with van der Waals surface area (Å²) in [5.74, 6) is 0. The topological polar surface area (TPSA) is 148 Å². The van der Waals surface area contributed by atoms with Crippen LogP contribution >= 0.6 is 11.6 Å². The standard InChI is InChI=1S/C31H32ClN5O5/c1-31(2,39)12-17(13-33)14-34-21-9-7-19(8-10-21)18-3-5-20(6-4-18)26-22(32)11-23-29(36-26)37-30(35-23)42-25-16-41-27-24(38)15-40-28(25)27/h3-11,13-14,24-25,27-28,38-39H,12,15-16,33H2,1-2H3,(H,35,36,37)/b17-13-,34-14?/t24-,25-,27-,28-/m1/s1. The highest BCUT2D eigenvalue weighted by atomic mass is 35.5. The fourth-order valence-corrected chi connectivity index (χ4v) is 5.47. The first-order valence-corrected chi connectivity index (χ1v) is 14.1. The molecule has 5 N–H and O–H groups in total. The molecule has 2 aromatic carbocycles. The molecule has 4 atom stereocenters. The summed E-state index contributed by atoms with van der Waals surface area (Å²) in [6.45, 7) is 4.00. The number of benzene rings is 2. The molecule has 0 amide bonds. The second kappa shape index (κ2) is 11.5. The molecule has 11 heteroatoms. The van der Waals surface area contributed by atoms with Crippen molar-refractivity contribution in [2.75, 3.05) is 13.2 Å². The van der Waals surface area contributed by atoms with Crippen molar-refractivity contribution in [2.45, 2.75) is 50.3 Å². The molecule has 0 bridgehead atoms. The average Bonchev–Trinajstić information content (AvgIpc) is 3.66. The molecule has 0 spiro atoms. The first-order valence-electron chi connectivity index (χ1n) is 13.7. The van der Waals surface area contributed by atoms with Gasteiger partial charge in [-0.3, -0.25) is 4.99 Å². The zero-order valence-electron chi connectivity index (χ0n) is 23.2. The molecule has 42 heavy (non-hydrogen) atoms. The number of aliphatic hydroxyl groups is 2. The van der Waals surface area contributed by atoms with Gasteiger partial charge in [-0.15, -0.1) is 0 Å². The number of nitrogens with zero attached hydrogens (tertiary/aromatic N) is 3. The molecule has 2 aromatic heterocycles. The monoisotopic (exact) mass is 589 g/mol. The molecule has 4 heterocycles. The average molecular weight is 590 g/mol. The molecule has 2 saturated heterocycles. The highest BCUT2D eigenvalue weighted by Crippen LogP contribution is 2.33. The number of rotatable bonds is 8. The highest BCUT2D eigenvalue weighted by Gasteiger charge is 2.48. The first-order chi connectivity index (χ1) is 20.2. The Labute approximate surface area is 247 Å². The third kappa shape index (κ3) is 6.04. The van der Waals surface area contributed by atoms with Crippen molar-refractivity contribution in [1.82, 2.24) is 15.0 Å². The fourth-order valence-electron chi connectivity index (χ4n) is 5.21. The molecule has 0 aliphatic carbocycles. The van der Waals surface area contributed by atoms with E-state index in [9.17, 15) is 10.2 Å². The number of hydrogen-bond acceptors (Lipinski definition) is 9. The van der Waals surface area contributed by atoms with E-state index in [0.29, 0.717) is 40.9 Å². The van der Waals surface area contributed by atoms with E-state index in [2.05, 4.69) is 15.0 Å². The third-order valence-electron chi connectivity index (χ3n) is 7.24. The molecule has 0 radical (unpaired) electrons. The summed E-state index contributed by atoms with van der Waals surface area (Å²) < 4.78 is 17.3. The van der Waals surface area contributed by atoms with E-state index in [4.69, 9.17) is 36.5 Å². The number of halogens is 1. The van der Waals surface area contributed by atoms with Gasteiger partial charge in [-0.1, -0.05) is 48.0 Å². The minimum absolute atomic E-state index is 0.229. The quantitative estimate of drug-likeness (QED) is 0.219. The van der Waals surface area contributed by atoms with E-state index in [1.54, 1.807) is 26.1 Å². The van der Waals surface area contributed by atoms with Gasteiger partial charge in [-0.05, 0) is 54.9 Å². The summed E-state index contributed by atoms with van der Waals surface area (Å²) >= 11 is 6.62. The predicted octanol–water partition coefficient (Wildman–Crippen LogP) is 4.56. The lowest BCUT2D eigenvalue weighted by Crippen LogP contribution is -2.34. The van der Waals surface area contributed by atoms with Gasteiger partial charge in [0, 0.05) is 18.2 Å². The van der Waals surface area contributed by atoms with Crippen molar-refractivity contribution in [1.29, 1.82) is 0 Å². The van der Waals surface area contributed by atoms with Gasteiger partial charge < -0.3 is 35.1 Å². The zero-order chi connectivity index (χ0) is 29.4. The number of hydrogen-bond donors (Lipinski definition) is 4. The molecule has 0 unspecified atom stereocenters.